The first-order chi connectivity index (χ1) is 10.4. The van der Waals surface area contributed by atoms with Gasteiger partial charge in [0.15, 0.2) is 0 Å². The molecule has 3 nitrogen and oxygen atoms in total. The molecule has 3 heteroatoms. The molecule has 1 aliphatic carbocycles. The van der Waals surface area contributed by atoms with Crippen molar-refractivity contribution in [2.24, 2.45) is 0 Å². The summed E-state index contributed by atoms with van der Waals surface area (Å²) in [5.74, 6) is 0. The highest BCUT2D eigenvalue weighted by atomic mass is 15.0. The van der Waals surface area contributed by atoms with Crippen LogP contribution >= 0.6 is 0 Å². The van der Waals surface area contributed by atoms with Gasteiger partial charge in [0.2, 0.25) is 0 Å². The quantitative estimate of drug-likeness (QED) is 0.771. The van der Waals surface area contributed by atoms with E-state index in [9.17, 15) is 0 Å². The summed E-state index contributed by atoms with van der Waals surface area (Å²) in [5, 5.41) is 3.62. The molecule has 1 fully saturated rings. The maximum atomic E-state index is 4.66. The first kappa shape index (κ1) is 12.5. The minimum atomic E-state index is 0.658. The summed E-state index contributed by atoms with van der Waals surface area (Å²) in [6, 6.07) is 15.4. The van der Waals surface area contributed by atoms with Crippen molar-refractivity contribution in [2.45, 2.75) is 31.7 Å². The predicted molar refractivity (Wildman–Crippen MR) is 86.5 cm³/mol. The molecule has 4 rings (SSSR count). The van der Waals surface area contributed by atoms with Gasteiger partial charge in [-0.2, -0.15) is 0 Å². The van der Waals surface area contributed by atoms with Gasteiger partial charge in [-0.15, -0.1) is 0 Å². The fraction of sp³-hybridized carbons (Fsp3) is 0.278. The summed E-state index contributed by atoms with van der Waals surface area (Å²) in [7, 11) is 0. The fourth-order valence-electron chi connectivity index (χ4n) is 3.12. The average molecular weight is 277 g/mol. The number of benzene rings is 1. The molecular weight excluding hydrogens is 258 g/mol. The molecule has 21 heavy (non-hydrogen) atoms. The van der Waals surface area contributed by atoms with Crippen LogP contribution in [-0.2, 0) is 0 Å². The zero-order chi connectivity index (χ0) is 14.1. The Balaban J connectivity index is 1.57. The number of pyridine rings is 1. The van der Waals surface area contributed by atoms with Crippen LogP contribution in [-0.4, -0.2) is 15.4 Å². The topological polar surface area (TPSA) is 29.3 Å². The fourth-order valence-corrected chi connectivity index (χ4v) is 3.12. The molecule has 1 aromatic carbocycles. The highest BCUT2D eigenvalue weighted by Gasteiger charge is 2.14. The minimum absolute atomic E-state index is 0.658. The van der Waals surface area contributed by atoms with Gasteiger partial charge < -0.3 is 9.72 Å². The van der Waals surface area contributed by atoms with Crippen LogP contribution in [0.1, 0.15) is 25.7 Å². The predicted octanol–water partition coefficient (Wildman–Crippen LogP) is 4.36. The molecule has 1 aliphatic rings. The minimum Gasteiger partial charge on any atom is -0.382 e. The lowest BCUT2D eigenvalue weighted by Crippen LogP contribution is -2.14. The molecule has 0 bridgehead atoms. The molecule has 0 atom stereocenters. The van der Waals surface area contributed by atoms with Gasteiger partial charge in [-0.3, -0.25) is 0 Å². The molecule has 1 N–H and O–H groups in total. The van der Waals surface area contributed by atoms with Crippen molar-refractivity contribution in [3.8, 4) is 11.3 Å². The number of rotatable bonds is 3. The smallest absolute Gasteiger partial charge is 0.137 e. The van der Waals surface area contributed by atoms with Gasteiger partial charge in [0.25, 0.3) is 0 Å². The first-order valence-corrected chi connectivity index (χ1v) is 7.69. The van der Waals surface area contributed by atoms with Crippen molar-refractivity contribution in [3.05, 3.63) is 54.9 Å². The lowest BCUT2D eigenvalue weighted by atomic mass is 10.1. The van der Waals surface area contributed by atoms with E-state index in [1.54, 1.807) is 0 Å². The molecule has 3 aromatic rings. The second-order valence-electron chi connectivity index (χ2n) is 5.80. The van der Waals surface area contributed by atoms with Gasteiger partial charge in [0.1, 0.15) is 5.65 Å². The number of fused-ring (bicyclic) bond motifs is 1. The molecule has 0 amide bonds. The van der Waals surface area contributed by atoms with Crippen molar-refractivity contribution in [1.29, 1.82) is 0 Å². The average Bonchev–Trinajstić information content (AvgIpc) is 3.16. The van der Waals surface area contributed by atoms with Gasteiger partial charge in [-0.25, -0.2) is 4.98 Å². The normalized spacial score (nSPS) is 15.6. The lowest BCUT2D eigenvalue weighted by Gasteiger charge is -2.13. The van der Waals surface area contributed by atoms with E-state index in [1.807, 2.05) is 24.4 Å². The highest BCUT2D eigenvalue weighted by molar-refractivity contribution is 5.65. The van der Waals surface area contributed by atoms with Crippen molar-refractivity contribution < 1.29 is 0 Å². The molecule has 0 aliphatic heterocycles. The molecule has 2 aromatic heterocycles. The Morgan fingerprint density at radius 3 is 2.57 bits per heavy atom. The van der Waals surface area contributed by atoms with Gasteiger partial charge in [-0.05, 0) is 37.1 Å². The van der Waals surface area contributed by atoms with E-state index in [0.717, 1.165) is 16.9 Å². The van der Waals surface area contributed by atoms with E-state index in [0.29, 0.717) is 6.04 Å². The van der Waals surface area contributed by atoms with Crippen LogP contribution < -0.4 is 5.32 Å². The van der Waals surface area contributed by atoms with E-state index in [2.05, 4.69) is 45.2 Å². The van der Waals surface area contributed by atoms with Crippen LogP contribution in [0.15, 0.2) is 54.9 Å². The van der Waals surface area contributed by atoms with E-state index >= 15 is 0 Å². The van der Waals surface area contributed by atoms with Gasteiger partial charge >= 0.3 is 0 Å². The third kappa shape index (κ3) is 2.51. The zero-order valence-electron chi connectivity index (χ0n) is 12.0. The second-order valence-corrected chi connectivity index (χ2v) is 5.80. The Labute approximate surface area is 124 Å². The molecule has 2 heterocycles. The van der Waals surface area contributed by atoms with Crippen LogP contribution in [0.4, 0.5) is 5.69 Å². The number of imidazole rings is 1. The molecule has 0 radical (unpaired) electrons. The van der Waals surface area contributed by atoms with Crippen molar-refractivity contribution in [1.82, 2.24) is 9.38 Å². The third-order valence-corrected chi connectivity index (χ3v) is 4.27. The summed E-state index contributed by atoms with van der Waals surface area (Å²) in [4.78, 5) is 4.66. The van der Waals surface area contributed by atoms with Crippen LogP contribution in [0, 0.1) is 0 Å². The largest absolute Gasteiger partial charge is 0.382 e. The summed E-state index contributed by atoms with van der Waals surface area (Å²) in [6.07, 6.45) is 9.42. The van der Waals surface area contributed by atoms with Crippen LogP contribution in [0.2, 0.25) is 0 Å². The number of anilines is 1. The maximum Gasteiger partial charge on any atom is 0.137 e. The summed E-state index contributed by atoms with van der Waals surface area (Å²) in [6.45, 7) is 0. The highest BCUT2D eigenvalue weighted by Crippen LogP contribution is 2.25. The van der Waals surface area contributed by atoms with Crippen molar-refractivity contribution in [2.75, 3.05) is 5.32 Å². The molecule has 0 spiro atoms. The van der Waals surface area contributed by atoms with Crippen LogP contribution in [0.5, 0.6) is 0 Å². The molecular formula is C18H19N3. The summed E-state index contributed by atoms with van der Waals surface area (Å²) < 4.78 is 2.06. The Morgan fingerprint density at radius 1 is 1.00 bits per heavy atom. The van der Waals surface area contributed by atoms with Gasteiger partial charge in [0, 0.05) is 29.7 Å². The standard InChI is InChI=1S/C18H19N3/c1-2-6-15(5-1)19-16-10-8-14(9-11-16)17-13-21-12-4-3-7-18(21)20-17/h3-4,7-13,15,19H,1-2,5-6H2. The Kier molecular flexibility index (Phi) is 3.11. The third-order valence-electron chi connectivity index (χ3n) is 4.27. The summed E-state index contributed by atoms with van der Waals surface area (Å²) in [5.41, 5.74) is 4.39. The zero-order valence-corrected chi connectivity index (χ0v) is 12.0. The summed E-state index contributed by atoms with van der Waals surface area (Å²) >= 11 is 0. The number of hydrogen-bond acceptors (Lipinski definition) is 2. The second kappa shape index (κ2) is 5.24. The van der Waals surface area contributed by atoms with E-state index in [1.165, 1.54) is 31.4 Å². The van der Waals surface area contributed by atoms with Gasteiger partial charge in [-0.1, -0.05) is 31.0 Å². The van der Waals surface area contributed by atoms with Crippen LogP contribution in [0.25, 0.3) is 16.9 Å². The van der Waals surface area contributed by atoms with E-state index in [-0.39, 0.29) is 0 Å². The van der Waals surface area contributed by atoms with Crippen LogP contribution in [0.3, 0.4) is 0 Å². The lowest BCUT2D eigenvalue weighted by molar-refractivity contribution is 0.755. The van der Waals surface area contributed by atoms with Crippen molar-refractivity contribution in [3.63, 3.8) is 0 Å². The van der Waals surface area contributed by atoms with Gasteiger partial charge in [0.05, 0.1) is 5.69 Å². The number of aromatic nitrogens is 2. The van der Waals surface area contributed by atoms with E-state index < -0.39 is 0 Å². The maximum absolute atomic E-state index is 4.66. The Morgan fingerprint density at radius 2 is 1.81 bits per heavy atom. The monoisotopic (exact) mass is 277 g/mol. The SMILES string of the molecule is c1ccn2cc(-c3ccc(NC4CCCC4)cc3)nc2c1. The molecule has 106 valence electrons. The Bertz CT molecular complexity index is 704. The molecule has 1 saturated carbocycles. The molecule has 0 unspecified atom stereocenters. The number of hydrogen-bond donors (Lipinski definition) is 1. The number of nitrogens with one attached hydrogen (secondary N) is 1. The Hall–Kier alpha value is -2.29. The first-order valence-electron chi connectivity index (χ1n) is 7.69. The number of nitrogens with zero attached hydrogens (tertiary/aromatic N) is 2. The van der Waals surface area contributed by atoms with E-state index in [4.69, 9.17) is 0 Å². The molecule has 0 saturated heterocycles. The van der Waals surface area contributed by atoms with Crippen molar-refractivity contribution >= 4 is 11.3 Å².